The van der Waals surface area contributed by atoms with Gasteiger partial charge in [0.25, 0.3) is 0 Å². The number of unbranched alkanes of at least 4 members (excludes halogenated alkanes) is 16. The van der Waals surface area contributed by atoms with E-state index in [4.69, 9.17) is 13.7 Å². The average Bonchev–Trinajstić information content (AvgIpc) is 2.86. The maximum absolute atomic E-state index is 13.2. The Morgan fingerprint density at radius 1 is 0.622 bits per heavy atom. The van der Waals surface area contributed by atoms with Gasteiger partial charge in [-0.2, -0.15) is 9.69 Å². The lowest BCUT2D eigenvalue weighted by molar-refractivity contribution is -0.105. The molecule has 0 radical (unpaired) electrons. The molecule has 0 aliphatic heterocycles. The highest BCUT2D eigenvalue weighted by molar-refractivity contribution is 7.48. The zero-order chi connectivity index (χ0) is 27.5. The van der Waals surface area contributed by atoms with Crippen molar-refractivity contribution >= 4 is 7.82 Å². The van der Waals surface area contributed by atoms with Crippen LogP contribution in [0, 0.1) is 5.92 Å². The average molecular weight is 552 g/mol. The molecule has 0 spiro atoms. The highest BCUT2D eigenvalue weighted by atomic mass is 31.2. The van der Waals surface area contributed by atoms with Crippen LogP contribution in [-0.2, 0) is 18.2 Å². The maximum Gasteiger partial charge on any atom is 0.491 e. The van der Waals surface area contributed by atoms with E-state index in [0.717, 1.165) is 44.4 Å². The summed E-state index contributed by atoms with van der Waals surface area (Å²) in [6.07, 6.45) is 22.9. The van der Waals surface area contributed by atoms with Gasteiger partial charge < -0.3 is 10.2 Å². The quantitative estimate of drug-likeness (QED) is 0.0526. The SMILES string of the molecule is CCCCCCCCCCCCOP(=O)(OCCCCCCCCCCC(C)C)ON(CCO)CCO. The third-order valence-electron chi connectivity index (χ3n) is 6.59. The van der Waals surface area contributed by atoms with Gasteiger partial charge in [-0.05, 0) is 18.8 Å². The lowest BCUT2D eigenvalue weighted by Gasteiger charge is -2.25. The van der Waals surface area contributed by atoms with Gasteiger partial charge in [0, 0.05) is 13.1 Å². The van der Waals surface area contributed by atoms with Gasteiger partial charge in [-0.15, -0.1) is 0 Å². The molecule has 0 fully saturated rings. The van der Waals surface area contributed by atoms with Gasteiger partial charge in [-0.25, -0.2) is 4.57 Å². The summed E-state index contributed by atoms with van der Waals surface area (Å²) in [5, 5.41) is 19.8. The molecular weight excluding hydrogens is 489 g/mol. The highest BCUT2D eigenvalue weighted by Gasteiger charge is 2.30. The first kappa shape index (κ1) is 37.0. The number of hydrogen-bond acceptors (Lipinski definition) is 7. The van der Waals surface area contributed by atoms with E-state index in [-0.39, 0.29) is 26.3 Å². The second-order valence-electron chi connectivity index (χ2n) is 10.8. The van der Waals surface area contributed by atoms with Crippen LogP contribution in [0.2, 0.25) is 0 Å². The molecule has 0 aliphatic carbocycles. The van der Waals surface area contributed by atoms with Gasteiger partial charge in [-0.3, -0.25) is 9.05 Å². The van der Waals surface area contributed by atoms with Crippen molar-refractivity contribution in [1.29, 1.82) is 0 Å². The predicted octanol–water partition coefficient (Wildman–Crippen LogP) is 8.43. The van der Waals surface area contributed by atoms with Crippen LogP contribution < -0.4 is 0 Å². The second kappa shape index (κ2) is 27.6. The molecule has 0 aromatic heterocycles. The second-order valence-corrected chi connectivity index (χ2v) is 12.3. The van der Waals surface area contributed by atoms with Crippen LogP contribution in [-0.4, -0.2) is 54.8 Å². The van der Waals surface area contributed by atoms with Gasteiger partial charge in [0.15, 0.2) is 0 Å². The molecule has 7 nitrogen and oxygen atoms in total. The van der Waals surface area contributed by atoms with Crippen molar-refractivity contribution in [1.82, 2.24) is 5.06 Å². The van der Waals surface area contributed by atoms with Crippen molar-refractivity contribution in [3.8, 4) is 0 Å². The van der Waals surface area contributed by atoms with E-state index in [1.54, 1.807) is 0 Å². The van der Waals surface area contributed by atoms with Crippen LogP contribution in [0.4, 0.5) is 0 Å². The number of phosphoric acid groups is 1. The lowest BCUT2D eigenvalue weighted by Crippen LogP contribution is -2.30. The summed E-state index contributed by atoms with van der Waals surface area (Å²) in [5.41, 5.74) is 0. The Morgan fingerprint density at radius 2 is 1.00 bits per heavy atom. The molecule has 0 aromatic rings. The van der Waals surface area contributed by atoms with Crippen LogP contribution >= 0.6 is 7.82 Å². The zero-order valence-corrected chi connectivity index (χ0v) is 25.6. The van der Waals surface area contributed by atoms with Crippen LogP contribution in [0.1, 0.15) is 143 Å². The van der Waals surface area contributed by atoms with Gasteiger partial charge >= 0.3 is 7.82 Å². The summed E-state index contributed by atoms with van der Waals surface area (Å²) < 4.78 is 30.0. The molecule has 0 heterocycles. The van der Waals surface area contributed by atoms with E-state index in [1.807, 2.05) is 0 Å². The molecule has 0 rings (SSSR count). The molecule has 0 saturated carbocycles. The Balaban J connectivity index is 4.17. The molecule has 0 aromatic carbocycles. The summed E-state index contributed by atoms with van der Waals surface area (Å²) in [6, 6.07) is 0. The van der Waals surface area contributed by atoms with Gasteiger partial charge in [0.05, 0.1) is 26.4 Å². The molecule has 0 bridgehead atoms. The minimum Gasteiger partial charge on any atom is -0.395 e. The van der Waals surface area contributed by atoms with Crippen LogP contribution in [0.25, 0.3) is 0 Å². The number of hydrogen-bond donors (Lipinski definition) is 2. The smallest absolute Gasteiger partial charge is 0.395 e. The minimum atomic E-state index is -3.79. The van der Waals surface area contributed by atoms with Gasteiger partial charge in [0.2, 0.25) is 0 Å². The van der Waals surface area contributed by atoms with Crippen LogP contribution in [0.15, 0.2) is 0 Å². The van der Waals surface area contributed by atoms with Crippen molar-refractivity contribution < 1.29 is 28.5 Å². The Labute approximate surface area is 229 Å². The zero-order valence-electron chi connectivity index (χ0n) is 24.7. The fraction of sp³-hybridized carbons (Fsp3) is 1.00. The Kier molecular flexibility index (Phi) is 27.5. The molecule has 224 valence electrons. The number of phosphoric ester groups is 1. The number of hydroxylamine groups is 2. The molecule has 0 amide bonds. The first-order chi connectivity index (χ1) is 18.0. The summed E-state index contributed by atoms with van der Waals surface area (Å²) >= 11 is 0. The predicted molar refractivity (Wildman–Crippen MR) is 155 cm³/mol. The fourth-order valence-corrected chi connectivity index (χ4v) is 5.62. The van der Waals surface area contributed by atoms with E-state index in [0.29, 0.717) is 13.2 Å². The largest absolute Gasteiger partial charge is 0.491 e. The molecule has 0 aliphatic rings. The first-order valence-electron chi connectivity index (χ1n) is 15.5. The van der Waals surface area contributed by atoms with Gasteiger partial charge in [0.1, 0.15) is 0 Å². The first-order valence-corrected chi connectivity index (χ1v) is 17.0. The monoisotopic (exact) mass is 551 g/mol. The standard InChI is InChI=1S/C29H62NO6P/c1-4-5-6-7-8-9-11-14-17-20-27-34-37(33,36-30(23-25-31)24-26-32)35-28-21-18-15-12-10-13-16-19-22-29(2)3/h29,31-32H,4-28H2,1-3H3. The van der Waals surface area contributed by atoms with E-state index < -0.39 is 7.82 Å². The molecule has 0 saturated heterocycles. The van der Waals surface area contributed by atoms with Gasteiger partial charge in [-0.1, -0.05) is 130 Å². The van der Waals surface area contributed by atoms with Crippen molar-refractivity contribution in [2.45, 2.75) is 143 Å². The molecule has 1 unspecified atom stereocenters. The van der Waals surface area contributed by atoms with Crippen molar-refractivity contribution in [3.05, 3.63) is 0 Å². The van der Waals surface area contributed by atoms with E-state index in [9.17, 15) is 14.8 Å². The van der Waals surface area contributed by atoms with Crippen LogP contribution in [0.3, 0.4) is 0 Å². The highest BCUT2D eigenvalue weighted by Crippen LogP contribution is 2.50. The Bertz CT molecular complexity index is 503. The summed E-state index contributed by atoms with van der Waals surface area (Å²) in [4.78, 5) is 0. The Hall–Kier alpha value is -0.0100. The van der Waals surface area contributed by atoms with Crippen LogP contribution in [0.5, 0.6) is 0 Å². The molecule has 1 atom stereocenters. The van der Waals surface area contributed by atoms with E-state index in [2.05, 4.69) is 20.8 Å². The third-order valence-corrected chi connectivity index (χ3v) is 8.02. The summed E-state index contributed by atoms with van der Waals surface area (Å²) in [5.74, 6) is 0.804. The molecule has 2 N–H and O–H groups in total. The molecule has 8 heteroatoms. The summed E-state index contributed by atoms with van der Waals surface area (Å²) in [7, 11) is -3.79. The van der Waals surface area contributed by atoms with Crippen molar-refractivity contribution in [2.24, 2.45) is 5.92 Å². The Morgan fingerprint density at radius 3 is 1.38 bits per heavy atom. The topological polar surface area (TPSA) is 88.5 Å². The maximum atomic E-state index is 13.2. The number of nitrogens with zero attached hydrogens (tertiary/aromatic N) is 1. The number of rotatable bonds is 30. The molecular formula is C29H62NO6P. The fourth-order valence-electron chi connectivity index (χ4n) is 4.30. The van der Waals surface area contributed by atoms with Crippen molar-refractivity contribution in [3.63, 3.8) is 0 Å². The van der Waals surface area contributed by atoms with E-state index >= 15 is 0 Å². The van der Waals surface area contributed by atoms with E-state index in [1.165, 1.54) is 88.5 Å². The number of aliphatic hydroxyl groups excluding tert-OH is 2. The lowest BCUT2D eigenvalue weighted by atomic mass is 10.0. The minimum absolute atomic E-state index is 0.132. The summed E-state index contributed by atoms with van der Waals surface area (Å²) in [6.45, 7) is 7.36. The van der Waals surface area contributed by atoms with Crippen molar-refractivity contribution in [2.75, 3.05) is 39.5 Å². The number of aliphatic hydroxyl groups is 2. The normalized spacial score (nSPS) is 13.6. The third kappa shape index (κ3) is 26.0. The molecule has 37 heavy (non-hydrogen) atoms.